The van der Waals surface area contributed by atoms with Crippen molar-refractivity contribution in [2.45, 2.75) is 13.5 Å². The van der Waals surface area contributed by atoms with E-state index in [1.165, 1.54) is 25.1 Å². The molecule has 0 unspecified atom stereocenters. The van der Waals surface area contributed by atoms with Gasteiger partial charge in [-0.05, 0) is 25.1 Å². The zero-order chi connectivity index (χ0) is 13.8. The van der Waals surface area contributed by atoms with E-state index in [1.807, 2.05) is 0 Å². The van der Waals surface area contributed by atoms with Crippen LogP contribution in [0.2, 0.25) is 0 Å². The normalized spacial score (nSPS) is 10.3. The maximum absolute atomic E-state index is 13.5. The molecule has 0 aliphatic carbocycles. The molecule has 0 bridgehead atoms. The van der Waals surface area contributed by atoms with Crippen molar-refractivity contribution in [3.05, 3.63) is 65.2 Å². The third-order valence-corrected chi connectivity index (χ3v) is 2.67. The summed E-state index contributed by atoms with van der Waals surface area (Å²) in [6, 6.07) is 10.2. The molecule has 2 rings (SSSR count). The highest BCUT2D eigenvalue weighted by Crippen LogP contribution is 2.19. The Bertz CT molecular complexity index is 609. The maximum atomic E-state index is 13.5. The van der Waals surface area contributed by atoms with Crippen molar-refractivity contribution < 1.29 is 18.3 Å². The molecule has 2 aromatic rings. The van der Waals surface area contributed by atoms with Crippen LogP contribution < -0.4 is 4.74 Å². The monoisotopic (exact) mass is 262 g/mol. The molecule has 19 heavy (non-hydrogen) atoms. The van der Waals surface area contributed by atoms with E-state index in [1.54, 1.807) is 18.2 Å². The zero-order valence-corrected chi connectivity index (χ0v) is 10.3. The molecule has 2 aromatic carbocycles. The second kappa shape index (κ2) is 5.61. The van der Waals surface area contributed by atoms with Crippen LogP contribution in [-0.4, -0.2) is 5.78 Å². The number of Topliss-reactive ketones (excluding diaryl/α,β-unsaturated/α-hetero) is 1. The Morgan fingerprint density at radius 3 is 2.47 bits per heavy atom. The summed E-state index contributed by atoms with van der Waals surface area (Å²) < 4.78 is 32.2. The first-order chi connectivity index (χ1) is 9.08. The smallest absolute Gasteiger partial charge is 0.162 e. The Balaban J connectivity index is 2.11. The van der Waals surface area contributed by atoms with E-state index in [0.29, 0.717) is 5.56 Å². The van der Waals surface area contributed by atoms with Gasteiger partial charge in [0.1, 0.15) is 24.0 Å². The largest absolute Gasteiger partial charge is 0.489 e. The highest BCUT2D eigenvalue weighted by atomic mass is 19.1. The zero-order valence-electron chi connectivity index (χ0n) is 10.3. The molecular weight excluding hydrogens is 250 g/mol. The van der Waals surface area contributed by atoms with Crippen molar-refractivity contribution >= 4 is 5.78 Å². The van der Waals surface area contributed by atoms with Crippen LogP contribution in [0.4, 0.5) is 8.78 Å². The van der Waals surface area contributed by atoms with Gasteiger partial charge in [0.05, 0.1) is 5.56 Å². The Morgan fingerprint density at radius 1 is 1.11 bits per heavy atom. The number of halogens is 2. The number of hydrogen-bond acceptors (Lipinski definition) is 2. The topological polar surface area (TPSA) is 26.3 Å². The summed E-state index contributed by atoms with van der Waals surface area (Å²) in [5, 5.41) is 0. The van der Waals surface area contributed by atoms with Crippen LogP contribution in [0, 0.1) is 11.6 Å². The van der Waals surface area contributed by atoms with Gasteiger partial charge in [0.15, 0.2) is 5.78 Å². The van der Waals surface area contributed by atoms with Crippen LogP contribution in [0.15, 0.2) is 42.5 Å². The first kappa shape index (κ1) is 13.2. The quantitative estimate of drug-likeness (QED) is 0.784. The fourth-order valence-corrected chi connectivity index (χ4v) is 1.65. The van der Waals surface area contributed by atoms with Crippen molar-refractivity contribution in [3.63, 3.8) is 0 Å². The third kappa shape index (κ3) is 3.16. The minimum absolute atomic E-state index is 0.00549. The molecule has 4 heteroatoms. The minimum atomic E-state index is -0.640. The van der Waals surface area contributed by atoms with Crippen molar-refractivity contribution in [3.8, 4) is 5.75 Å². The molecule has 0 saturated carbocycles. The first-order valence-electron chi connectivity index (χ1n) is 5.74. The Morgan fingerprint density at radius 2 is 1.84 bits per heavy atom. The van der Waals surface area contributed by atoms with Crippen LogP contribution >= 0.6 is 0 Å². The Labute approximate surface area is 109 Å². The van der Waals surface area contributed by atoms with Gasteiger partial charge in [-0.1, -0.05) is 18.2 Å². The fraction of sp³-hybridized carbons (Fsp3) is 0.133. The molecule has 0 saturated heterocycles. The molecular formula is C15H12F2O2. The van der Waals surface area contributed by atoms with E-state index < -0.39 is 5.82 Å². The molecule has 0 atom stereocenters. The van der Waals surface area contributed by atoms with Gasteiger partial charge in [0.25, 0.3) is 0 Å². The van der Waals surface area contributed by atoms with Crippen LogP contribution in [0.1, 0.15) is 22.8 Å². The van der Waals surface area contributed by atoms with E-state index in [-0.39, 0.29) is 29.5 Å². The summed E-state index contributed by atoms with van der Waals surface area (Å²) in [5.41, 5.74) is 0.400. The lowest BCUT2D eigenvalue weighted by molar-refractivity contribution is 0.101. The van der Waals surface area contributed by atoms with Gasteiger partial charge in [-0.25, -0.2) is 8.78 Å². The molecule has 0 radical (unpaired) electrons. The summed E-state index contributed by atoms with van der Waals surface area (Å²) in [7, 11) is 0. The molecule has 0 amide bonds. The second-order valence-corrected chi connectivity index (χ2v) is 4.08. The molecule has 0 heterocycles. The van der Waals surface area contributed by atoms with Gasteiger partial charge in [0, 0.05) is 11.6 Å². The van der Waals surface area contributed by atoms with Gasteiger partial charge >= 0.3 is 0 Å². The molecule has 98 valence electrons. The third-order valence-electron chi connectivity index (χ3n) is 2.67. The summed E-state index contributed by atoms with van der Waals surface area (Å²) in [6.07, 6.45) is 0. The Kier molecular flexibility index (Phi) is 3.90. The van der Waals surface area contributed by atoms with E-state index in [2.05, 4.69) is 0 Å². The van der Waals surface area contributed by atoms with Crippen molar-refractivity contribution in [2.24, 2.45) is 0 Å². The van der Waals surface area contributed by atoms with E-state index in [4.69, 9.17) is 4.74 Å². The number of benzene rings is 2. The van der Waals surface area contributed by atoms with Gasteiger partial charge < -0.3 is 4.74 Å². The van der Waals surface area contributed by atoms with E-state index in [9.17, 15) is 13.6 Å². The summed E-state index contributed by atoms with van der Waals surface area (Å²) >= 11 is 0. The first-order valence-corrected chi connectivity index (χ1v) is 5.74. The molecule has 0 fully saturated rings. The highest BCUT2D eigenvalue weighted by Gasteiger charge is 2.09. The Hall–Kier alpha value is -2.23. The molecule has 0 aromatic heterocycles. The van der Waals surface area contributed by atoms with Crippen LogP contribution in [0.5, 0.6) is 5.75 Å². The predicted octanol–water partition coefficient (Wildman–Crippen LogP) is 3.75. The van der Waals surface area contributed by atoms with Crippen LogP contribution in [-0.2, 0) is 6.61 Å². The lowest BCUT2D eigenvalue weighted by Crippen LogP contribution is -2.01. The number of rotatable bonds is 4. The van der Waals surface area contributed by atoms with Crippen molar-refractivity contribution in [1.82, 2.24) is 0 Å². The second-order valence-electron chi connectivity index (χ2n) is 4.08. The van der Waals surface area contributed by atoms with Crippen molar-refractivity contribution in [1.29, 1.82) is 0 Å². The maximum Gasteiger partial charge on any atom is 0.162 e. The number of carbonyl (C=O) groups is 1. The van der Waals surface area contributed by atoms with Gasteiger partial charge in [-0.2, -0.15) is 0 Å². The summed E-state index contributed by atoms with van der Waals surface area (Å²) in [6.45, 7) is 1.30. The van der Waals surface area contributed by atoms with Gasteiger partial charge in [-0.15, -0.1) is 0 Å². The van der Waals surface area contributed by atoms with E-state index >= 15 is 0 Å². The minimum Gasteiger partial charge on any atom is -0.489 e. The van der Waals surface area contributed by atoms with E-state index in [0.717, 1.165) is 6.07 Å². The number of carbonyl (C=O) groups excluding carboxylic acids is 1. The average Bonchev–Trinajstić information content (AvgIpc) is 2.37. The predicted molar refractivity (Wildman–Crippen MR) is 67.1 cm³/mol. The standard InChI is InChI=1S/C15H12F2O2/c1-10(18)13-7-6-12(8-15(13)17)19-9-11-4-2-3-5-14(11)16/h2-8H,9H2,1H3. The highest BCUT2D eigenvalue weighted by molar-refractivity contribution is 5.94. The van der Waals surface area contributed by atoms with Crippen LogP contribution in [0.25, 0.3) is 0 Å². The van der Waals surface area contributed by atoms with Gasteiger partial charge in [-0.3, -0.25) is 4.79 Å². The van der Waals surface area contributed by atoms with Crippen LogP contribution in [0.3, 0.4) is 0 Å². The lowest BCUT2D eigenvalue weighted by atomic mass is 10.1. The van der Waals surface area contributed by atoms with Gasteiger partial charge in [0.2, 0.25) is 0 Å². The fourth-order valence-electron chi connectivity index (χ4n) is 1.65. The SMILES string of the molecule is CC(=O)c1ccc(OCc2ccccc2F)cc1F. The number of hydrogen-bond donors (Lipinski definition) is 0. The molecule has 0 N–H and O–H groups in total. The average molecular weight is 262 g/mol. The molecule has 0 aliphatic heterocycles. The molecule has 0 spiro atoms. The van der Waals surface area contributed by atoms with Crippen molar-refractivity contribution in [2.75, 3.05) is 0 Å². The summed E-state index contributed by atoms with van der Waals surface area (Å²) in [5.74, 6) is -1.11. The summed E-state index contributed by atoms with van der Waals surface area (Å²) in [4.78, 5) is 11.1. The number of ether oxygens (including phenoxy) is 1. The lowest BCUT2D eigenvalue weighted by Gasteiger charge is -2.08. The molecule has 2 nitrogen and oxygen atoms in total. The number of ketones is 1. The molecule has 0 aliphatic rings.